The molecule has 2 aliphatic heterocycles. The van der Waals surface area contributed by atoms with E-state index in [0.29, 0.717) is 10.4 Å². The molecule has 0 radical (unpaired) electrons. The maximum atomic E-state index is 15.3. The highest BCUT2D eigenvalue weighted by Crippen LogP contribution is 2.42. The van der Waals surface area contributed by atoms with Crippen molar-refractivity contribution in [1.82, 2.24) is 10.2 Å². The molecule has 1 fully saturated rings. The van der Waals surface area contributed by atoms with Gasteiger partial charge in [-0.2, -0.15) is 18.4 Å². The highest BCUT2D eigenvalue weighted by Gasteiger charge is 2.38. The highest BCUT2D eigenvalue weighted by molar-refractivity contribution is 7.12. The van der Waals surface area contributed by atoms with E-state index in [1.54, 1.807) is 24.0 Å². The second-order valence-corrected chi connectivity index (χ2v) is 9.87. The first-order valence-electron chi connectivity index (χ1n) is 11.7. The van der Waals surface area contributed by atoms with Crippen LogP contribution in [0.4, 0.5) is 17.6 Å². The van der Waals surface area contributed by atoms with Gasteiger partial charge in [-0.25, -0.2) is 4.39 Å². The lowest BCUT2D eigenvalue weighted by Crippen LogP contribution is -2.42. The maximum Gasteiger partial charge on any atom is 0.431 e. The van der Waals surface area contributed by atoms with Crippen LogP contribution in [0.25, 0.3) is 5.57 Å². The molecular weight excluding hydrogens is 506 g/mol. The number of carbonyl (C=O) groups is 1. The number of nitrogens with two attached hydrogens (primary N) is 1. The van der Waals surface area contributed by atoms with Crippen LogP contribution in [0.2, 0.25) is 0 Å². The van der Waals surface area contributed by atoms with Gasteiger partial charge in [-0.15, -0.1) is 11.3 Å². The molecule has 37 heavy (non-hydrogen) atoms. The molecule has 0 bridgehead atoms. The Morgan fingerprint density at radius 1 is 1.38 bits per heavy atom. The summed E-state index contributed by atoms with van der Waals surface area (Å²) in [6.07, 6.45) is 0.218. The number of hydrogen-bond donors (Lipinski definition) is 2. The Labute approximate surface area is 215 Å². The van der Waals surface area contributed by atoms with Crippen molar-refractivity contribution in [3.05, 3.63) is 74.4 Å². The number of amides is 1. The first-order valence-corrected chi connectivity index (χ1v) is 12.5. The SMILES string of the molecule is CCN=CC(=C(N)C(F)(F)F)c1c(F)cccc1[C@@H]1CN(C(=O)/C=C/[C@@H]2CCN2)Cc2sc(C#N)cc21. The Hall–Kier alpha value is -3.49. The van der Waals surface area contributed by atoms with Crippen molar-refractivity contribution >= 4 is 29.0 Å². The number of halogens is 4. The van der Waals surface area contributed by atoms with E-state index < -0.39 is 29.2 Å². The summed E-state index contributed by atoms with van der Waals surface area (Å²) in [5.74, 6) is -1.84. The summed E-state index contributed by atoms with van der Waals surface area (Å²) in [6, 6.07) is 7.88. The number of hydrogen-bond acceptors (Lipinski definition) is 6. The normalized spacial score (nSPS) is 20.5. The van der Waals surface area contributed by atoms with E-state index in [9.17, 15) is 23.2 Å². The number of rotatable bonds is 6. The molecule has 0 aliphatic carbocycles. The second-order valence-electron chi connectivity index (χ2n) is 8.74. The van der Waals surface area contributed by atoms with Gasteiger partial charge < -0.3 is 16.0 Å². The number of allylic oxidation sites excluding steroid dienone is 2. The third-order valence-electron chi connectivity index (χ3n) is 6.40. The minimum absolute atomic E-state index is 0.0937. The van der Waals surface area contributed by atoms with Gasteiger partial charge in [-0.05, 0) is 43.1 Å². The average Bonchev–Trinajstić information content (AvgIpc) is 3.26. The van der Waals surface area contributed by atoms with Crippen LogP contribution in [0.3, 0.4) is 0 Å². The molecule has 2 aromatic rings. The zero-order valence-electron chi connectivity index (χ0n) is 20.0. The van der Waals surface area contributed by atoms with Crippen LogP contribution < -0.4 is 11.1 Å². The van der Waals surface area contributed by atoms with Gasteiger partial charge >= 0.3 is 6.18 Å². The highest BCUT2D eigenvalue weighted by atomic mass is 32.1. The first kappa shape index (κ1) is 26.6. The molecule has 3 N–H and O–H groups in total. The van der Waals surface area contributed by atoms with E-state index in [1.807, 2.05) is 0 Å². The van der Waals surface area contributed by atoms with Crippen LogP contribution in [-0.2, 0) is 11.3 Å². The van der Waals surface area contributed by atoms with E-state index in [1.165, 1.54) is 29.5 Å². The van der Waals surface area contributed by atoms with Gasteiger partial charge in [0.2, 0.25) is 5.91 Å². The van der Waals surface area contributed by atoms with E-state index in [0.717, 1.165) is 30.1 Å². The van der Waals surface area contributed by atoms with E-state index in [2.05, 4.69) is 16.4 Å². The van der Waals surface area contributed by atoms with Crippen molar-refractivity contribution in [2.24, 2.45) is 10.7 Å². The quantitative estimate of drug-likeness (QED) is 0.327. The third kappa shape index (κ3) is 5.60. The number of carbonyl (C=O) groups excluding carboxylic acids is 1. The summed E-state index contributed by atoms with van der Waals surface area (Å²) < 4.78 is 56.4. The Morgan fingerprint density at radius 3 is 2.76 bits per heavy atom. The predicted molar refractivity (Wildman–Crippen MR) is 134 cm³/mol. The number of benzene rings is 1. The van der Waals surface area contributed by atoms with Gasteiger partial charge in [-0.1, -0.05) is 18.2 Å². The monoisotopic (exact) mass is 531 g/mol. The molecule has 0 spiro atoms. The molecule has 1 amide bonds. The molecule has 1 aromatic heterocycles. The number of aliphatic imine (C=N–C) groups is 1. The summed E-state index contributed by atoms with van der Waals surface area (Å²) in [7, 11) is 0. The van der Waals surface area contributed by atoms with Crippen LogP contribution in [0.15, 0.2) is 47.1 Å². The first-order chi connectivity index (χ1) is 17.6. The number of alkyl halides is 3. The van der Waals surface area contributed by atoms with Crippen molar-refractivity contribution in [2.45, 2.75) is 38.0 Å². The van der Waals surface area contributed by atoms with Crippen molar-refractivity contribution in [3.8, 4) is 6.07 Å². The molecule has 2 aliphatic rings. The summed E-state index contributed by atoms with van der Waals surface area (Å²) in [5.41, 5.74) is 4.06. The minimum atomic E-state index is -4.91. The summed E-state index contributed by atoms with van der Waals surface area (Å²) in [5, 5.41) is 12.7. The molecule has 0 unspecified atom stereocenters. The maximum absolute atomic E-state index is 15.3. The van der Waals surface area contributed by atoms with Gasteiger partial charge in [0, 0.05) is 53.4 Å². The fraction of sp³-hybridized carbons (Fsp3) is 0.346. The minimum Gasteiger partial charge on any atom is -0.394 e. The second kappa shape index (κ2) is 10.9. The number of nitrogens with zero attached hydrogens (tertiary/aromatic N) is 3. The lowest BCUT2D eigenvalue weighted by molar-refractivity contribution is -0.127. The van der Waals surface area contributed by atoms with Gasteiger partial charge in [0.25, 0.3) is 0 Å². The molecule has 2 atom stereocenters. The smallest absolute Gasteiger partial charge is 0.394 e. The van der Waals surface area contributed by atoms with Crippen LogP contribution in [0.1, 0.15) is 45.7 Å². The Kier molecular flexibility index (Phi) is 7.80. The van der Waals surface area contributed by atoms with Crippen LogP contribution in [-0.4, -0.2) is 48.9 Å². The predicted octanol–water partition coefficient (Wildman–Crippen LogP) is 4.47. The molecule has 194 valence electrons. The molecule has 3 heterocycles. The van der Waals surface area contributed by atoms with Crippen molar-refractivity contribution < 1.29 is 22.4 Å². The van der Waals surface area contributed by atoms with Crippen LogP contribution >= 0.6 is 11.3 Å². The fourth-order valence-electron chi connectivity index (χ4n) is 4.41. The van der Waals surface area contributed by atoms with Gasteiger partial charge in [0.1, 0.15) is 22.5 Å². The number of fused-ring (bicyclic) bond motifs is 1. The lowest BCUT2D eigenvalue weighted by atomic mass is 9.83. The number of nitriles is 1. The average molecular weight is 532 g/mol. The molecule has 1 saturated heterocycles. The van der Waals surface area contributed by atoms with Crippen molar-refractivity contribution in [1.29, 1.82) is 5.26 Å². The summed E-state index contributed by atoms with van der Waals surface area (Å²) >= 11 is 1.21. The van der Waals surface area contributed by atoms with Crippen LogP contribution in [0.5, 0.6) is 0 Å². The molecule has 4 rings (SSSR count). The van der Waals surface area contributed by atoms with Crippen molar-refractivity contribution in [2.75, 3.05) is 19.6 Å². The fourth-order valence-corrected chi connectivity index (χ4v) is 5.44. The summed E-state index contributed by atoms with van der Waals surface area (Å²) in [6.45, 7) is 3.03. The van der Waals surface area contributed by atoms with Gasteiger partial charge in [0.15, 0.2) is 0 Å². The zero-order chi connectivity index (χ0) is 26.7. The lowest BCUT2D eigenvalue weighted by Gasteiger charge is -2.34. The molecule has 11 heteroatoms. The standard InChI is InChI=1S/C26H25F4N5OS/c1-2-33-12-19(25(32)26(28,29)30)24-17(4-3-5-21(24)27)20-13-35(23(36)7-6-15-8-9-34-15)14-22-18(20)10-16(11-31)37-22/h3-7,10,12,15,20,34H,2,8-9,13-14,32H2,1H3/b7-6+,25-19?,33-12?/t15-,20+/m1/s1. The Bertz CT molecular complexity index is 1320. The molecular formula is C26H25F4N5OS. The zero-order valence-corrected chi connectivity index (χ0v) is 20.8. The third-order valence-corrected chi connectivity index (χ3v) is 7.44. The van der Waals surface area contributed by atoms with E-state index >= 15 is 4.39 Å². The number of nitrogens with one attached hydrogen (secondary N) is 1. The Morgan fingerprint density at radius 2 is 2.14 bits per heavy atom. The molecule has 0 saturated carbocycles. The van der Waals surface area contributed by atoms with E-state index in [4.69, 9.17) is 5.73 Å². The van der Waals surface area contributed by atoms with Crippen LogP contribution in [0, 0.1) is 17.1 Å². The summed E-state index contributed by atoms with van der Waals surface area (Å²) in [4.78, 5) is 19.7. The van der Waals surface area contributed by atoms with Crippen molar-refractivity contribution in [3.63, 3.8) is 0 Å². The van der Waals surface area contributed by atoms with Gasteiger partial charge in [-0.3, -0.25) is 9.79 Å². The topological polar surface area (TPSA) is 94.5 Å². The Balaban J connectivity index is 1.85. The molecule has 6 nitrogen and oxygen atoms in total. The number of thiophene rings is 1. The molecule has 1 aromatic carbocycles. The van der Waals surface area contributed by atoms with Gasteiger partial charge in [0.05, 0.1) is 6.54 Å². The van der Waals surface area contributed by atoms with E-state index in [-0.39, 0.29) is 42.7 Å². The largest absolute Gasteiger partial charge is 0.431 e.